The van der Waals surface area contributed by atoms with Crippen LogP contribution in [0.25, 0.3) is 11.1 Å². The largest absolute Gasteiger partial charge is 0.493 e. The van der Waals surface area contributed by atoms with Gasteiger partial charge in [0.05, 0.1) is 19.6 Å². The molecular formula is C21H24FNO3. The van der Waals surface area contributed by atoms with Crippen molar-refractivity contribution in [1.29, 1.82) is 0 Å². The minimum absolute atomic E-state index is 0.161. The molecule has 1 aliphatic heterocycles. The Kier molecular flexibility index (Phi) is 5.89. The summed E-state index contributed by atoms with van der Waals surface area (Å²) in [5.41, 5.74) is 4.41. The van der Waals surface area contributed by atoms with Gasteiger partial charge in [0.2, 0.25) is 0 Å². The molecule has 0 aromatic heterocycles. The van der Waals surface area contributed by atoms with Gasteiger partial charge < -0.3 is 14.8 Å². The first-order chi connectivity index (χ1) is 12.6. The molecule has 0 atom stereocenters. The van der Waals surface area contributed by atoms with Gasteiger partial charge in [-0.05, 0) is 67.3 Å². The van der Waals surface area contributed by atoms with Gasteiger partial charge in [0.25, 0.3) is 0 Å². The van der Waals surface area contributed by atoms with E-state index in [4.69, 9.17) is 9.47 Å². The number of rotatable bonds is 6. The Morgan fingerprint density at radius 3 is 2.73 bits per heavy atom. The fourth-order valence-corrected chi connectivity index (χ4v) is 3.37. The Bertz CT molecular complexity index is 804. The molecule has 0 amide bonds. The molecule has 0 radical (unpaired) electrons. The third-order valence-corrected chi connectivity index (χ3v) is 4.52. The third-order valence-electron chi connectivity index (χ3n) is 4.52. The zero-order valence-electron chi connectivity index (χ0n) is 15.2. The maximum Gasteiger partial charge on any atom is 0.310 e. The van der Waals surface area contributed by atoms with Crippen molar-refractivity contribution in [2.45, 2.75) is 33.2 Å². The Hall–Kier alpha value is -2.40. The molecule has 0 fully saturated rings. The first-order valence-corrected chi connectivity index (χ1v) is 9.06. The van der Waals surface area contributed by atoms with E-state index in [2.05, 4.69) is 5.32 Å². The minimum atomic E-state index is -0.259. The van der Waals surface area contributed by atoms with Gasteiger partial charge in [-0.1, -0.05) is 12.1 Å². The second-order valence-corrected chi connectivity index (χ2v) is 6.22. The number of hydrogen-bond acceptors (Lipinski definition) is 4. The first kappa shape index (κ1) is 18.4. The zero-order valence-corrected chi connectivity index (χ0v) is 15.2. The van der Waals surface area contributed by atoms with Gasteiger partial charge in [0.1, 0.15) is 11.6 Å². The van der Waals surface area contributed by atoms with E-state index < -0.39 is 0 Å². The first-order valence-electron chi connectivity index (χ1n) is 9.06. The molecule has 2 aromatic rings. The van der Waals surface area contributed by atoms with Crippen LogP contribution in [0.15, 0.2) is 30.3 Å². The summed E-state index contributed by atoms with van der Waals surface area (Å²) in [5.74, 6) is 0.316. The van der Waals surface area contributed by atoms with Crippen molar-refractivity contribution in [3.8, 4) is 16.9 Å². The highest BCUT2D eigenvalue weighted by Gasteiger charge is 2.20. The van der Waals surface area contributed by atoms with E-state index in [0.717, 1.165) is 40.1 Å². The molecule has 1 heterocycles. The van der Waals surface area contributed by atoms with Crippen molar-refractivity contribution in [3.05, 3.63) is 52.8 Å². The quantitative estimate of drug-likeness (QED) is 0.802. The summed E-state index contributed by atoms with van der Waals surface area (Å²) < 4.78 is 25.1. The van der Waals surface area contributed by atoms with Gasteiger partial charge in [-0.15, -0.1) is 0 Å². The van der Waals surface area contributed by atoms with E-state index in [0.29, 0.717) is 26.2 Å². The predicted octanol–water partition coefficient (Wildman–Crippen LogP) is 3.64. The summed E-state index contributed by atoms with van der Waals surface area (Å²) in [6, 6.07) is 9.02. The molecule has 26 heavy (non-hydrogen) atoms. The van der Waals surface area contributed by atoms with Gasteiger partial charge >= 0.3 is 5.97 Å². The molecule has 3 rings (SSSR count). The molecule has 4 nitrogen and oxygen atoms in total. The smallest absolute Gasteiger partial charge is 0.310 e. The molecule has 0 aliphatic carbocycles. The van der Waals surface area contributed by atoms with Crippen LogP contribution in [0.5, 0.6) is 5.75 Å². The summed E-state index contributed by atoms with van der Waals surface area (Å²) in [6.45, 7) is 6.01. The molecule has 0 unspecified atom stereocenters. The number of nitrogens with one attached hydrogen (secondary N) is 1. The molecule has 0 bridgehead atoms. The van der Waals surface area contributed by atoms with Crippen LogP contribution in [0.1, 0.15) is 30.5 Å². The standard InChI is InChI=1S/C21H24FNO3/c1-3-25-20-8-5-14(12-21(24)26-4-2)11-17(20)15-6-7-19(22)16-9-10-23-13-18(15)16/h5-8,11,23H,3-4,9-10,12-13H2,1-2H3. The molecular weight excluding hydrogens is 333 g/mol. The van der Waals surface area contributed by atoms with Crippen molar-refractivity contribution >= 4 is 5.97 Å². The molecule has 1 aliphatic rings. The van der Waals surface area contributed by atoms with Crippen molar-refractivity contribution in [3.63, 3.8) is 0 Å². The summed E-state index contributed by atoms with van der Waals surface area (Å²) in [7, 11) is 0. The average Bonchev–Trinajstić information content (AvgIpc) is 2.64. The van der Waals surface area contributed by atoms with E-state index in [1.54, 1.807) is 13.0 Å². The van der Waals surface area contributed by atoms with Crippen LogP contribution in [0.4, 0.5) is 4.39 Å². The van der Waals surface area contributed by atoms with Crippen LogP contribution in [0, 0.1) is 5.82 Å². The van der Waals surface area contributed by atoms with E-state index >= 15 is 0 Å². The van der Waals surface area contributed by atoms with Crippen molar-refractivity contribution in [2.24, 2.45) is 0 Å². The Morgan fingerprint density at radius 1 is 1.12 bits per heavy atom. The van der Waals surface area contributed by atoms with Gasteiger partial charge in [0, 0.05) is 12.1 Å². The number of esters is 1. The molecule has 138 valence electrons. The van der Waals surface area contributed by atoms with Crippen LogP contribution >= 0.6 is 0 Å². The number of carbonyl (C=O) groups is 1. The monoisotopic (exact) mass is 357 g/mol. The lowest BCUT2D eigenvalue weighted by Crippen LogP contribution is -2.25. The predicted molar refractivity (Wildman–Crippen MR) is 98.8 cm³/mol. The highest BCUT2D eigenvalue weighted by atomic mass is 19.1. The number of hydrogen-bond donors (Lipinski definition) is 1. The molecule has 2 aromatic carbocycles. The van der Waals surface area contributed by atoms with Crippen molar-refractivity contribution in [2.75, 3.05) is 19.8 Å². The molecule has 1 N–H and O–H groups in total. The summed E-state index contributed by atoms with van der Waals surface area (Å²) in [6.07, 6.45) is 0.871. The third kappa shape index (κ3) is 3.88. The second-order valence-electron chi connectivity index (χ2n) is 6.22. The van der Waals surface area contributed by atoms with E-state index in [-0.39, 0.29) is 18.2 Å². The molecule has 0 saturated carbocycles. The van der Waals surface area contributed by atoms with Crippen LogP contribution in [0.2, 0.25) is 0 Å². The van der Waals surface area contributed by atoms with Gasteiger partial charge in [-0.25, -0.2) is 4.39 Å². The van der Waals surface area contributed by atoms with Crippen molar-refractivity contribution in [1.82, 2.24) is 5.32 Å². The Labute approximate surface area is 153 Å². The van der Waals surface area contributed by atoms with E-state index in [1.165, 1.54) is 6.07 Å². The lowest BCUT2D eigenvalue weighted by Gasteiger charge is -2.22. The number of ether oxygens (including phenoxy) is 2. The van der Waals surface area contributed by atoms with Gasteiger partial charge in [-0.2, -0.15) is 0 Å². The molecule has 0 spiro atoms. The normalized spacial score (nSPS) is 13.2. The summed E-state index contributed by atoms with van der Waals surface area (Å²) >= 11 is 0. The van der Waals surface area contributed by atoms with E-state index in [9.17, 15) is 9.18 Å². The highest BCUT2D eigenvalue weighted by molar-refractivity contribution is 5.78. The second kappa shape index (κ2) is 8.32. The van der Waals surface area contributed by atoms with Crippen LogP contribution in [0.3, 0.4) is 0 Å². The fraction of sp³-hybridized carbons (Fsp3) is 0.381. The van der Waals surface area contributed by atoms with Gasteiger partial charge in [-0.3, -0.25) is 4.79 Å². The zero-order chi connectivity index (χ0) is 18.5. The van der Waals surface area contributed by atoms with Crippen LogP contribution in [-0.2, 0) is 28.9 Å². The number of halogens is 1. The molecule has 0 saturated heterocycles. The Balaban J connectivity index is 2.06. The van der Waals surface area contributed by atoms with Gasteiger partial charge in [0.15, 0.2) is 0 Å². The topological polar surface area (TPSA) is 47.6 Å². The fourth-order valence-electron chi connectivity index (χ4n) is 3.37. The number of carbonyl (C=O) groups excluding carboxylic acids is 1. The molecule has 5 heteroatoms. The SMILES string of the molecule is CCOC(=O)Cc1ccc(OCC)c(-c2ccc(F)c3c2CNCC3)c1. The highest BCUT2D eigenvalue weighted by Crippen LogP contribution is 2.36. The number of benzene rings is 2. The lowest BCUT2D eigenvalue weighted by molar-refractivity contribution is -0.142. The lowest BCUT2D eigenvalue weighted by atomic mass is 9.90. The van der Waals surface area contributed by atoms with Crippen LogP contribution in [-0.4, -0.2) is 25.7 Å². The number of fused-ring (bicyclic) bond motifs is 1. The van der Waals surface area contributed by atoms with E-state index in [1.807, 2.05) is 25.1 Å². The van der Waals surface area contributed by atoms with Crippen LogP contribution < -0.4 is 10.1 Å². The maximum atomic E-state index is 14.2. The average molecular weight is 357 g/mol. The summed E-state index contributed by atoms with van der Waals surface area (Å²) in [5, 5.41) is 3.31. The Morgan fingerprint density at radius 2 is 1.96 bits per heavy atom. The summed E-state index contributed by atoms with van der Waals surface area (Å²) in [4.78, 5) is 11.8. The maximum absolute atomic E-state index is 14.2. The minimum Gasteiger partial charge on any atom is -0.493 e. The van der Waals surface area contributed by atoms with Crippen molar-refractivity contribution < 1.29 is 18.7 Å².